The monoisotopic (exact) mass is 401 g/mol. The van der Waals surface area contributed by atoms with E-state index in [1.807, 2.05) is 18.2 Å². The van der Waals surface area contributed by atoms with Crippen LogP contribution in [0.5, 0.6) is 0 Å². The topological polar surface area (TPSA) is 69.7 Å². The van der Waals surface area contributed by atoms with Crippen molar-refractivity contribution in [3.05, 3.63) is 59.7 Å². The second-order valence-corrected chi connectivity index (χ2v) is 9.46. The number of likely N-dealkylation sites (tertiary alicyclic amines) is 1. The standard InChI is InChI=1S/C21H27N3O3S/c1-23(2)28(26,27)20-11-7-9-18(15-20)21(25)22-19-10-6-8-17(14-19)16-24-12-4-3-5-13-24/h6-11,14-15H,3-5,12-13,16H2,1-2H3,(H,22,25). The first-order valence-corrected chi connectivity index (χ1v) is 11.0. The molecule has 1 heterocycles. The number of amides is 1. The Morgan fingerprint density at radius 2 is 1.75 bits per heavy atom. The molecule has 3 rings (SSSR count). The first kappa shape index (κ1) is 20.5. The van der Waals surface area contributed by atoms with Crippen LogP contribution < -0.4 is 5.32 Å². The molecule has 0 aromatic heterocycles. The number of nitrogens with zero attached hydrogens (tertiary/aromatic N) is 2. The van der Waals surface area contributed by atoms with Crippen LogP contribution in [-0.2, 0) is 16.6 Å². The van der Waals surface area contributed by atoms with Crippen LogP contribution in [0.2, 0.25) is 0 Å². The van der Waals surface area contributed by atoms with Gasteiger partial charge in [-0.05, 0) is 61.8 Å². The van der Waals surface area contributed by atoms with Gasteiger partial charge in [-0.1, -0.05) is 24.6 Å². The minimum absolute atomic E-state index is 0.101. The van der Waals surface area contributed by atoms with Gasteiger partial charge in [0.2, 0.25) is 10.0 Å². The predicted molar refractivity (Wildman–Crippen MR) is 111 cm³/mol. The number of nitrogens with one attached hydrogen (secondary N) is 1. The number of rotatable bonds is 6. The van der Waals surface area contributed by atoms with Gasteiger partial charge in [-0.15, -0.1) is 0 Å². The van der Waals surface area contributed by atoms with Gasteiger partial charge in [0, 0.05) is 31.9 Å². The molecule has 1 N–H and O–H groups in total. The molecule has 1 aliphatic heterocycles. The molecule has 2 aromatic carbocycles. The van der Waals surface area contributed by atoms with Gasteiger partial charge in [0.15, 0.2) is 0 Å². The maximum absolute atomic E-state index is 12.6. The highest BCUT2D eigenvalue weighted by Gasteiger charge is 2.19. The Labute approximate surface area is 167 Å². The minimum Gasteiger partial charge on any atom is -0.322 e. The van der Waals surface area contributed by atoms with Crippen molar-refractivity contribution in [1.29, 1.82) is 0 Å². The molecule has 6 nitrogen and oxygen atoms in total. The van der Waals surface area contributed by atoms with Crippen molar-refractivity contribution in [1.82, 2.24) is 9.21 Å². The highest BCUT2D eigenvalue weighted by atomic mass is 32.2. The first-order chi connectivity index (χ1) is 13.4. The summed E-state index contributed by atoms with van der Waals surface area (Å²) in [5, 5.41) is 2.88. The second-order valence-electron chi connectivity index (χ2n) is 7.31. The molecular formula is C21H27N3O3S. The zero-order chi connectivity index (χ0) is 20.1. The van der Waals surface area contributed by atoms with E-state index in [1.54, 1.807) is 12.1 Å². The smallest absolute Gasteiger partial charge is 0.255 e. The van der Waals surface area contributed by atoms with Gasteiger partial charge in [-0.3, -0.25) is 9.69 Å². The van der Waals surface area contributed by atoms with E-state index in [2.05, 4.69) is 16.3 Å². The van der Waals surface area contributed by atoms with Gasteiger partial charge >= 0.3 is 0 Å². The third kappa shape index (κ3) is 4.98. The summed E-state index contributed by atoms with van der Waals surface area (Å²) in [7, 11) is -0.645. The Hall–Kier alpha value is -2.22. The number of anilines is 1. The zero-order valence-corrected chi connectivity index (χ0v) is 17.2. The molecule has 0 aliphatic carbocycles. The average Bonchev–Trinajstić information content (AvgIpc) is 2.69. The van der Waals surface area contributed by atoms with Crippen LogP contribution in [-0.4, -0.2) is 50.7 Å². The second kappa shape index (κ2) is 8.86. The number of sulfonamides is 1. The van der Waals surface area contributed by atoms with Crippen LogP contribution in [0.25, 0.3) is 0 Å². The minimum atomic E-state index is -3.58. The highest BCUT2D eigenvalue weighted by Crippen LogP contribution is 2.19. The lowest BCUT2D eigenvalue weighted by Gasteiger charge is -2.26. The maximum atomic E-state index is 12.6. The fourth-order valence-electron chi connectivity index (χ4n) is 3.34. The molecule has 0 saturated carbocycles. The van der Waals surface area contributed by atoms with E-state index in [-0.39, 0.29) is 10.8 Å². The van der Waals surface area contributed by atoms with Crippen LogP contribution in [0.3, 0.4) is 0 Å². The van der Waals surface area contributed by atoms with E-state index in [9.17, 15) is 13.2 Å². The van der Waals surface area contributed by atoms with Crippen molar-refractivity contribution >= 4 is 21.6 Å². The predicted octanol–water partition coefficient (Wildman–Crippen LogP) is 3.18. The summed E-state index contributed by atoms with van der Waals surface area (Å²) in [4.78, 5) is 15.2. The number of carbonyl (C=O) groups excluding carboxylic acids is 1. The number of benzene rings is 2. The van der Waals surface area contributed by atoms with Crippen molar-refractivity contribution in [2.45, 2.75) is 30.7 Å². The number of hydrogen-bond acceptors (Lipinski definition) is 4. The molecule has 0 radical (unpaired) electrons. The van der Waals surface area contributed by atoms with Crippen molar-refractivity contribution in [2.75, 3.05) is 32.5 Å². The van der Waals surface area contributed by atoms with E-state index in [4.69, 9.17) is 0 Å². The molecular weight excluding hydrogens is 374 g/mol. The fraction of sp³-hybridized carbons (Fsp3) is 0.381. The van der Waals surface area contributed by atoms with Crippen molar-refractivity contribution in [3.8, 4) is 0 Å². The van der Waals surface area contributed by atoms with Crippen LogP contribution in [0, 0.1) is 0 Å². The summed E-state index contributed by atoms with van der Waals surface area (Å²) in [5.41, 5.74) is 2.17. The average molecular weight is 402 g/mol. The molecule has 1 saturated heterocycles. The molecule has 0 unspecified atom stereocenters. The van der Waals surface area contributed by atoms with Gasteiger partial charge < -0.3 is 5.32 Å². The lowest BCUT2D eigenvalue weighted by atomic mass is 10.1. The van der Waals surface area contributed by atoms with E-state index in [0.717, 1.165) is 29.5 Å². The SMILES string of the molecule is CN(C)S(=O)(=O)c1cccc(C(=O)Nc2cccc(CN3CCCCC3)c2)c1. The van der Waals surface area contributed by atoms with Crippen LogP contribution in [0.4, 0.5) is 5.69 Å². The highest BCUT2D eigenvalue weighted by molar-refractivity contribution is 7.89. The fourth-order valence-corrected chi connectivity index (χ4v) is 4.28. The summed E-state index contributed by atoms with van der Waals surface area (Å²) in [5.74, 6) is -0.328. The molecule has 1 fully saturated rings. The van der Waals surface area contributed by atoms with Gasteiger partial charge in [-0.25, -0.2) is 12.7 Å². The summed E-state index contributed by atoms with van der Waals surface area (Å²) in [6.07, 6.45) is 3.78. The summed E-state index contributed by atoms with van der Waals surface area (Å²) >= 11 is 0. The summed E-state index contributed by atoms with van der Waals surface area (Å²) < 4.78 is 25.7. The lowest BCUT2D eigenvalue weighted by Crippen LogP contribution is -2.29. The molecule has 2 aromatic rings. The molecule has 28 heavy (non-hydrogen) atoms. The Morgan fingerprint density at radius 3 is 2.46 bits per heavy atom. The van der Waals surface area contributed by atoms with Gasteiger partial charge in [0.1, 0.15) is 0 Å². The summed E-state index contributed by atoms with van der Waals surface area (Å²) in [6.45, 7) is 3.10. The van der Waals surface area contributed by atoms with Crippen molar-refractivity contribution < 1.29 is 13.2 Å². The third-order valence-electron chi connectivity index (χ3n) is 4.91. The quantitative estimate of drug-likeness (QED) is 0.807. The molecule has 0 bridgehead atoms. The largest absolute Gasteiger partial charge is 0.322 e. The molecule has 1 amide bonds. The van der Waals surface area contributed by atoms with Crippen LogP contribution in [0.15, 0.2) is 53.4 Å². The lowest BCUT2D eigenvalue weighted by molar-refractivity contribution is 0.102. The van der Waals surface area contributed by atoms with Crippen molar-refractivity contribution in [3.63, 3.8) is 0 Å². The van der Waals surface area contributed by atoms with Gasteiger partial charge in [0.25, 0.3) is 5.91 Å². The normalized spacial score (nSPS) is 15.5. The van der Waals surface area contributed by atoms with Gasteiger partial charge in [0.05, 0.1) is 4.90 Å². The van der Waals surface area contributed by atoms with Gasteiger partial charge in [-0.2, -0.15) is 0 Å². The zero-order valence-electron chi connectivity index (χ0n) is 16.4. The third-order valence-corrected chi connectivity index (χ3v) is 6.73. The van der Waals surface area contributed by atoms with E-state index < -0.39 is 10.0 Å². The Bertz CT molecular complexity index is 935. The first-order valence-electron chi connectivity index (χ1n) is 9.51. The Kier molecular flexibility index (Phi) is 6.49. The van der Waals surface area contributed by atoms with E-state index >= 15 is 0 Å². The molecule has 150 valence electrons. The molecule has 1 aliphatic rings. The Balaban J connectivity index is 1.72. The Morgan fingerprint density at radius 1 is 1.04 bits per heavy atom. The number of carbonyl (C=O) groups is 1. The van der Waals surface area contributed by atoms with Crippen LogP contribution >= 0.6 is 0 Å². The van der Waals surface area contributed by atoms with Crippen molar-refractivity contribution in [2.24, 2.45) is 0 Å². The van der Waals surface area contributed by atoms with Crippen LogP contribution in [0.1, 0.15) is 35.2 Å². The summed E-state index contributed by atoms with van der Waals surface area (Å²) in [6, 6.07) is 13.9. The number of hydrogen-bond donors (Lipinski definition) is 1. The maximum Gasteiger partial charge on any atom is 0.255 e. The molecule has 0 spiro atoms. The van der Waals surface area contributed by atoms with E-state index in [0.29, 0.717) is 11.3 Å². The molecule has 7 heteroatoms. The van der Waals surface area contributed by atoms with E-state index in [1.165, 1.54) is 45.5 Å². The molecule has 0 atom stereocenters. The number of piperidine rings is 1.